The first-order valence-electron chi connectivity index (χ1n) is 0.428. The Bertz CT molecular complexity index is 13.5. The van der Waals surface area contributed by atoms with Crippen molar-refractivity contribution in [3.05, 3.63) is 0 Å². The molecule has 0 aromatic rings. The Morgan fingerprint density at radius 2 is 1.75 bits per heavy atom. The average molecular weight is 133 g/mol. The van der Waals surface area contributed by atoms with Crippen LogP contribution in [0.15, 0.2) is 0 Å². The van der Waals surface area contributed by atoms with Gasteiger partial charge in [0.05, 0.1) is 0 Å². The average Bonchev–Trinajstić information content (AvgIpc) is 0.918. The van der Waals surface area contributed by atoms with Crippen LogP contribution in [-0.4, -0.2) is 11.6 Å². The van der Waals surface area contributed by atoms with Gasteiger partial charge in [-0.2, -0.15) is 0 Å². The smallest absolute Gasteiger partial charge is 0 e. The molecule has 0 aliphatic rings. The molecule has 2 nitrogen and oxygen atoms in total. The zero-order valence-corrected chi connectivity index (χ0v) is 4.77. The summed E-state index contributed by atoms with van der Waals surface area (Å²) < 4.78 is 0. The van der Waals surface area contributed by atoms with E-state index < -0.39 is 0 Å². The van der Waals surface area contributed by atoms with Crippen molar-refractivity contribution in [2.24, 2.45) is 0 Å². The van der Waals surface area contributed by atoms with Gasteiger partial charge in [0, 0.05) is 32.7 Å². The van der Waals surface area contributed by atoms with Gasteiger partial charge in [-0.05, 0) is 0 Å². The van der Waals surface area contributed by atoms with Crippen LogP contribution in [0.4, 0.5) is 0 Å². The van der Waals surface area contributed by atoms with E-state index in [-0.39, 0.29) is 32.7 Å². The summed E-state index contributed by atoms with van der Waals surface area (Å²) in [5.74, 6) is 0. The van der Waals surface area contributed by atoms with E-state index in [4.69, 9.17) is 9.90 Å². The van der Waals surface area contributed by atoms with E-state index in [9.17, 15) is 0 Å². The molecule has 0 aliphatic carbocycles. The van der Waals surface area contributed by atoms with Crippen LogP contribution in [0.5, 0.6) is 0 Å². The molecular weight excluding hydrogens is 132 g/mol. The second kappa shape index (κ2) is 9.56. The van der Waals surface area contributed by atoms with Crippen molar-refractivity contribution in [2.75, 3.05) is 0 Å². The molecule has 0 saturated carbocycles. The number of rotatable bonds is 0. The minimum atomic E-state index is 0. The first-order chi connectivity index (χ1) is 1.41. The third-order valence-corrected chi connectivity index (χ3v) is 0. The van der Waals surface area contributed by atoms with Gasteiger partial charge in [-0.3, -0.25) is 0 Å². The topological polar surface area (TPSA) is 37.3 Å². The van der Waals surface area contributed by atoms with E-state index in [1.54, 1.807) is 0 Å². The number of hydrogen-bond acceptors (Lipinski definition) is 1. The second-order valence-corrected chi connectivity index (χ2v) is 0.0913. The minimum Gasteiger partial charge on any atom is -0.665 e. The van der Waals surface area contributed by atoms with Crippen molar-refractivity contribution in [3.8, 4) is 0 Å². The van der Waals surface area contributed by atoms with Gasteiger partial charge in [0.2, 0.25) is 0 Å². The van der Waals surface area contributed by atoms with Gasteiger partial charge in [-0.25, -0.2) is 0 Å². The van der Waals surface area contributed by atoms with E-state index in [0.717, 1.165) is 0 Å². The summed E-state index contributed by atoms with van der Waals surface area (Å²) in [6, 6.07) is 0. The number of hydrogen-bond donors (Lipinski definition) is 1. The van der Waals surface area contributed by atoms with E-state index >= 15 is 0 Å². The molecule has 0 saturated heterocycles. The van der Waals surface area contributed by atoms with Crippen molar-refractivity contribution in [1.29, 1.82) is 0 Å². The van der Waals surface area contributed by atoms with Crippen LogP contribution in [-0.2, 0) is 37.5 Å². The molecule has 1 radical (unpaired) electrons. The van der Waals surface area contributed by atoms with E-state index in [1.807, 2.05) is 0 Å². The molecule has 0 unspecified atom stereocenters. The normalized spacial score (nSPS) is 3.00. The molecular formula is CHO2Y-. The quantitative estimate of drug-likeness (QED) is 0.457. The van der Waals surface area contributed by atoms with Gasteiger partial charge in [0.15, 0.2) is 0 Å². The minimum absolute atomic E-state index is 0. The summed E-state index contributed by atoms with van der Waals surface area (Å²) in [5.41, 5.74) is 0. The third-order valence-electron chi connectivity index (χ3n) is 0. The Morgan fingerprint density at radius 3 is 1.75 bits per heavy atom. The van der Waals surface area contributed by atoms with Gasteiger partial charge in [-0.15, -0.1) is 0 Å². The second-order valence-electron chi connectivity index (χ2n) is 0.0913. The first kappa shape index (κ1) is 8.82. The van der Waals surface area contributed by atoms with Crippen LogP contribution in [0.3, 0.4) is 0 Å². The fourth-order valence-corrected chi connectivity index (χ4v) is 0. The predicted molar refractivity (Wildman–Crippen MR) is 8.32 cm³/mol. The van der Waals surface area contributed by atoms with Crippen molar-refractivity contribution < 1.29 is 42.6 Å². The molecule has 0 aromatic carbocycles. The van der Waals surface area contributed by atoms with Crippen LogP contribution in [0.2, 0.25) is 0 Å². The Labute approximate surface area is 49.1 Å². The molecule has 0 spiro atoms. The van der Waals surface area contributed by atoms with Crippen LogP contribution in [0.1, 0.15) is 0 Å². The molecule has 1 N–H and O–H groups in total. The molecule has 0 fully saturated rings. The summed E-state index contributed by atoms with van der Waals surface area (Å²) >= 11 is 0. The van der Waals surface area contributed by atoms with Crippen molar-refractivity contribution in [1.82, 2.24) is 0 Å². The van der Waals surface area contributed by atoms with Crippen molar-refractivity contribution in [2.45, 2.75) is 0 Å². The molecule has 0 atom stereocenters. The molecule has 0 aromatic heterocycles. The summed E-state index contributed by atoms with van der Waals surface area (Å²) in [6.45, 7) is 0.500. The Kier molecular flexibility index (Phi) is 21.1. The summed E-state index contributed by atoms with van der Waals surface area (Å²) in [6.07, 6.45) is 0. The number of aliphatic hydroxyl groups excluding tert-OH is 1. The van der Waals surface area contributed by atoms with E-state index in [2.05, 4.69) is 0 Å². The maximum absolute atomic E-state index is 8.24. The van der Waals surface area contributed by atoms with Gasteiger partial charge < -0.3 is 9.90 Å². The fourth-order valence-electron chi connectivity index (χ4n) is 0. The zero-order chi connectivity index (χ0) is 2.71. The molecule has 0 bridgehead atoms. The molecule has 0 heterocycles. The Hall–Kier alpha value is 0.574. The molecule has 3 heteroatoms. The van der Waals surface area contributed by atoms with Crippen molar-refractivity contribution in [3.63, 3.8) is 0 Å². The monoisotopic (exact) mass is 133 g/mol. The Morgan fingerprint density at radius 1 is 1.75 bits per heavy atom. The predicted octanol–water partition coefficient (Wildman–Crippen LogP) is -0.391. The standard InChI is InChI=1S/CHO2.Y/c2-1-3;/h(H,2,3);/q-1;/i1-1;. The maximum atomic E-state index is 8.24. The SMILES string of the molecule is O=[11C-]O.[Y]. The van der Waals surface area contributed by atoms with Crippen LogP contribution in [0, 0.1) is 0 Å². The molecule has 4 heavy (non-hydrogen) atoms. The molecule has 21 valence electrons. The fraction of sp³-hybridized carbons (Fsp3) is 0. The Balaban J connectivity index is 0. The molecule has 0 aliphatic heterocycles. The summed E-state index contributed by atoms with van der Waals surface area (Å²) in [5, 5.41) is 6.76. The molecule has 0 rings (SSSR count). The maximum Gasteiger partial charge on any atom is 0 e. The van der Waals surface area contributed by atoms with E-state index in [0.29, 0.717) is 6.47 Å². The van der Waals surface area contributed by atoms with E-state index in [1.165, 1.54) is 0 Å². The van der Waals surface area contributed by atoms with Gasteiger partial charge in [0.25, 0.3) is 0 Å². The summed E-state index contributed by atoms with van der Waals surface area (Å²) in [7, 11) is 0. The van der Waals surface area contributed by atoms with Gasteiger partial charge >= 0.3 is 0 Å². The van der Waals surface area contributed by atoms with Gasteiger partial charge in [0.1, 0.15) is 0 Å². The first-order valence-corrected chi connectivity index (χ1v) is 0.428. The van der Waals surface area contributed by atoms with Crippen LogP contribution in [0.25, 0.3) is 0 Å². The van der Waals surface area contributed by atoms with Crippen LogP contribution >= 0.6 is 0 Å². The zero-order valence-electron chi connectivity index (χ0n) is 1.93. The molecule has 0 amide bonds. The summed E-state index contributed by atoms with van der Waals surface area (Å²) in [4.78, 5) is 8.24. The third kappa shape index (κ3) is 19.4. The van der Waals surface area contributed by atoms with Crippen molar-refractivity contribution >= 4 is 6.47 Å². The largest absolute Gasteiger partial charge is 0.665 e. The van der Waals surface area contributed by atoms with Gasteiger partial charge in [-0.1, -0.05) is 6.47 Å². The van der Waals surface area contributed by atoms with Crippen LogP contribution < -0.4 is 0 Å².